The van der Waals surface area contributed by atoms with E-state index in [0.29, 0.717) is 82.6 Å². The van der Waals surface area contributed by atoms with Gasteiger partial charge in [-0.05, 0) is 67.6 Å². The Hall–Kier alpha value is -2.98. The van der Waals surface area contributed by atoms with Crippen molar-refractivity contribution in [3.8, 4) is 17.2 Å². The number of benzene rings is 2. The molecule has 1 N–H and O–H groups in total. The first kappa shape index (κ1) is 28.6. The summed E-state index contributed by atoms with van der Waals surface area (Å²) in [6, 6.07) is 14.1. The van der Waals surface area contributed by atoms with E-state index in [2.05, 4.69) is 0 Å². The summed E-state index contributed by atoms with van der Waals surface area (Å²) in [7, 11) is 1.61. The summed E-state index contributed by atoms with van der Waals surface area (Å²) in [6.07, 6.45) is 2.31. The second-order valence-corrected chi connectivity index (χ2v) is 8.74. The first-order valence-corrected chi connectivity index (χ1v) is 12.6. The fraction of sp³-hybridized carbons (Fsp3) is 0.500. The number of ether oxygens (including phenoxy) is 6. The van der Waals surface area contributed by atoms with Crippen LogP contribution in [0, 0.1) is 11.8 Å². The molecule has 2 aromatic carbocycles. The van der Waals surface area contributed by atoms with Gasteiger partial charge in [-0.2, -0.15) is 0 Å². The minimum absolute atomic E-state index is 0.00382. The van der Waals surface area contributed by atoms with Crippen molar-refractivity contribution >= 4 is 11.9 Å². The highest BCUT2D eigenvalue weighted by Gasteiger charge is 2.32. The second-order valence-electron chi connectivity index (χ2n) is 8.74. The summed E-state index contributed by atoms with van der Waals surface area (Å²) >= 11 is 0. The maximum absolute atomic E-state index is 12.6. The summed E-state index contributed by atoms with van der Waals surface area (Å²) < 4.78 is 32.2. The van der Waals surface area contributed by atoms with Crippen molar-refractivity contribution in [1.82, 2.24) is 0 Å². The van der Waals surface area contributed by atoms with E-state index in [0.717, 1.165) is 5.56 Å². The lowest BCUT2D eigenvalue weighted by atomic mass is 9.82. The molecule has 0 spiro atoms. The van der Waals surface area contributed by atoms with Crippen LogP contribution in [0.25, 0.3) is 0 Å². The van der Waals surface area contributed by atoms with Crippen LogP contribution in [-0.4, -0.2) is 63.8 Å². The Kier molecular flexibility index (Phi) is 12.4. The molecule has 0 unspecified atom stereocenters. The number of methoxy groups -OCH3 is 1. The average molecular weight is 517 g/mol. The van der Waals surface area contributed by atoms with Gasteiger partial charge < -0.3 is 33.5 Å². The molecule has 9 nitrogen and oxygen atoms in total. The van der Waals surface area contributed by atoms with Crippen LogP contribution in [0.2, 0.25) is 0 Å². The predicted octanol–water partition coefficient (Wildman–Crippen LogP) is 3.55. The molecule has 0 bridgehead atoms. The first-order valence-electron chi connectivity index (χ1n) is 12.6. The van der Waals surface area contributed by atoms with Crippen LogP contribution in [0.1, 0.15) is 31.2 Å². The molecule has 1 fully saturated rings. The lowest BCUT2D eigenvalue weighted by molar-refractivity contribution is -0.145. The molecule has 0 radical (unpaired) electrons. The molecule has 202 valence electrons. The van der Waals surface area contributed by atoms with E-state index in [1.165, 1.54) is 0 Å². The number of rotatable bonds is 15. The van der Waals surface area contributed by atoms with Crippen LogP contribution < -0.4 is 14.2 Å². The van der Waals surface area contributed by atoms with Crippen molar-refractivity contribution in [3.63, 3.8) is 0 Å². The highest BCUT2D eigenvalue weighted by molar-refractivity contribution is 5.77. The Morgan fingerprint density at radius 1 is 0.703 bits per heavy atom. The number of esters is 2. The lowest BCUT2D eigenvalue weighted by Crippen LogP contribution is -2.30. The molecular formula is C28H36O9. The van der Waals surface area contributed by atoms with Crippen molar-refractivity contribution < 1.29 is 43.1 Å². The smallest absolute Gasteiger partial charge is 0.314 e. The van der Waals surface area contributed by atoms with Gasteiger partial charge in [0.15, 0.2) is 0 Å². The van der Waals surface area contributed by atoms with E-state index in [1.54, 1.807) is 43.5 Å². The summed E-state index contributed by atoms with van der Waals surface area (Å²) in [4.78, 5) is 25.2. The van der Waals surface area contributed by atoms with Gasteiger partial charge in [0.1, 0.15) is 23.9 Å². The number of hydrogen-bond acceptors (Lipinski definition) is 9. The van der Waals surface area contributed by atoms with Gasteiger partial charge in [-0.3, -0.25) is 9.59 Å². The maximum Gasteiger partial charge on any atom is 0.314 e. The third kappa shape index (κ3) is 10.1. The van der Waals surface area contributed by atoms with Crippen molar-refractivity contribution in [2.24, 2.45) is 11.8 Å². The number of hydrogen-bond donors (Lipinski definition) is 1. The van der Waals surface area contributed by atoms with Crippen LogP contribution in [0.15, 0.2) is 48.5 Å². The quantitative estimate of drug-likeness (QED) is 0.216. The fourth-order valence-electron chi connectivity index (χ4n) is 3.94. The SMILES string of the molecule is COCCOc1ccc(OC(=O)[C@H]2CC[C@H](C(=O)Oc3ccc(COCCOCCO)cc3)CC2)cc1. The van der Waals surface area contributed by atoms with E-state index in [9.17, 15) is 9.59 Å². The molecule has 0 saturated heterocycles. The predicted molar refractivity (Wildman–Crippen MR) is 135 cm³/mol. The highest BCUT2D eigenvalue weighted by atomic mass is 16.5. The van der Waals surface area contributed by atoms with Gasteiger partial charge in [0, 0.05) is 7.11 Å². The minimum Gasteiger partial charge on any atom is -0.491 e. The largest absolute Gasteiger partial charge is 0.491 e. The molecule has 1 aliphatic carbocycles. The van der Waals surface area contributed by atoms with Gasteiger partial charge in [0.25, 0.3) is 0 Å². The van der Waals surface area contributed by atoms with Crippen molar-refractivity contribution in [1.29, 1.82) is 0 Å². The Morgan fingerprint density at radius 2 is 1.22 bits per heavy atom. The summed E-state index contributed by atoms with van der Waals surface area (Å²) in [6.45, 7) is 2.53. The number of carbonyl (C=O) groups is 2. The Bertz CT molecular complexity index is 935. The van der Waals surface area contributed by atoms with Gasteiger partial charge >= 0.3 is 11.9 Å². The standard InChI is InChI=1S/C28H36O9/c1-32-16-19-35-24-10-12-26(13-11-24)37-28(31)23-6-4-22(5-7-23)27(30)36-25-8-2-21(3-9-25)20-34-18-17-33-15-14-29/h2-3,8-13,22-23,29H,4-7,14-20H2,1H3/t22-,23-. The molecule has 3 rings (SSSR count). The zero-order chi connectivity index (χ0) is 26.3. The number of carbonyl (C=O) groups excluding carboxylic acids is 2. The fourth-order valence-corrected chi connectivity index (χ4v) is 3.94. The maximum atomic E-state index is 12.6. The summed E-state index contributed by atoms with van der Waals surface area (Å²) in [5, 5.41) is 8.66. The molecule has 0 aromatic heterocycles. The van der Waals surface area contributed by atoms with Crippen LogP contribution in [0.4, 0.5) is 0 Å². The highest BCUT2D eigenvalue weighted by Crippen LogP contribution is 2.31. The van der Waals surface area contributed by atoms with Crippen LogP contribution in [-0.2, 0) is 30.4 Å². The molecule has 9 heteroatoms. The van der Waals surface area contributed by atoms with Crippen LogP contribution in [0.3, 0.4) is 0 Å². The average Bonchev–Trinajstić information content (AvgIpc) is 2.92. The van der Waals surface area contributed by atoms with Gasteiger partial charge in [0.05, 0.1) is 51.5 Å². The van der Waals surface area contributed by atoms with Crippen molar-refractivity contribution in [3.05, 3.63) is 54.1 Å². The van der Waals surface area contributed by atoms with E-state index < -0.39 is 0 Å². The Morgan fingerprint density at radius 3 is 1.76 bits per heavy atom. The molecule has 1 saturated carbocycles. The lowest BCUT2D eigenvalue weighted by Gasteiger charge is -2.25. The summed E-state index contributed by atoms with van der Waals surface area (Å²) in [5.74, 6) is 0.591. The van der Waals surface area contributed by atoms with Crippen LogP contribution >= 0.6 is 0 Å². The second kappa shape index (κ2) is 16.0. The molecule has 0 heterocycles. The Balaban J connectivity index is 1.35. The normalized spacial score (nSPS) is 17.2. The van der Waals surface area contributed by atoms with Gasteiger partial charge in [-0.25, -0.2) is 0 Å². The molecule has 0 atom stereocenters. The molecule has 2 aromatic rings. The topological polar surface area (TPSA) is 110 Å². The molecular weight excluding hydrogens is 480 g/mol. The third-order valence-electron chi connectivity index (χ3n) is 6.01. The van der Waals surface area contributed by atoms with Crippen molar-refractivity contribution in [2.45, 2.75) is 32.3 Å². The zero-order valence-corrected chi connectivity index (χ0v) is 21.3. The number of aliphatic hydroxyl groups is 1. The molecule has 0 aliphatic heterocycles. The van der Waals surface area contributed by atoms with Crippen molar-refractivity contribution in [2.75, 3.05) is 46.8 Å². The third-order valence-corrected chi connectivity index (χ3v) is 6.01. The summed E-state index contributed by atoms with van der Waals surface area (Å²) in [5.41, 5.74) is 0.953. The van der Waals surface area contributed by atoms with E-state index >= 15 is 0 Å². The zero-order valence-electron chi connectivity index (χ0n) is 21.3. The molecule has 0 amide bonds. The van der Waals surface area contributed by atoms with E-state index in [4.69, 9.17) is 33.5 Å². The Labute approximate surface area is 217 Å². The molecule has 1 aliphatic rings. The van der Waals surface area contributed by atoms with Crippen LogP contribution in [0.5, 0.6) is 17.2 Å². The number of aliphatic hydroxyl groups excluding tert-OH is 1. The van der Waals surface area contributed by atoms with Gasteiger partial charge in [0.2, 0.25) is 0 Å². The molecule has 37 heavy (non-hydrogen) atoms. The minimum atomic E-state index is -0.280. The van der Waals surface area contributed by atoms with E-state index in [1.807, 2.05) is 12.1 Å². The first-order chi connectivity index (χ1) is 18.1. The van der Waals surface area contributed by atoms with E-state index in [-0.39, 0.29) is 30.4 Å². The van der Waals surface area contributed by atoms with Gasteiger partial charge in [-0.15, -0.1) is 0 Å². The monoisotopic (exact) mass is 516 g/mol. The van der Waals surface area contributed by atoms with Gasteiger partial charge in [-0.1, -0.05) is 12.1 Å².